The number of aryl methyl sites for hydroxylation is 1. The molecule has 0 unspecified atom stereocenters. The molecule has 124 valence electrons. The van der Waals surface area contributed by atoms with Crippen LogP contribution in [0.15, 0.2) is 54.7 Å². The summed E-state index contributed by atoms with van der Waals surface area (Å²) < 4.78 is 0. The summed E-state index contributed by atoms with van der Waals surface area (Å²) in [6, 6.07) is 17.5. The first-order valence-electron chi connectivity index (χ1n) is 8.00. The summed E-state index contributed by atoms with van der Waals surface area (Å²) in [6.07, 6.45) is 1.64. The summed E-state index contributed by atoms with van der Waals surface area (Å²) in [5, 5.41) is 20.2. The number of nitrogens with one attached hydrogen (secondary N) is 1. The van der Waals surface area contributed by atoms with E-state index in [4.69, 9.17) is 5.26 Å². The molecule has 1 heterocycles. The van der Waals surface area contributed by atoms with E-state index in [1.165, 1.54) is 5.56 Å². The second kappa shape index (κ2) is 7.41. The average molecular weight is 330 g/mol. The highest BCUT2D eigenvalue weighted by Gasteiger charge is 2.11. The molecule has 0 aliphatic heterocycles. The zero-order valence-corrected chi connectivity index (χ0v) is 14.1. The summed E-state index contributed by atoms with van der Waals surface area (Å²) in [5.74, 6) is 1.10. The van der Waals surface area contributed by atoms with Crippen LogP contribution in [0.3, 0.4) is 0 Å². The molecule has 2 aromatic carbocycles. The molecule has 0 aliphatic carbocycles. The minimum Gasteiger partial charge on any atom is -0.325 e. The molecule has 25 heavy (non-hydrogen) atoms. The predicted molar refractivity (Wildman–Crippen MR) is 98.1 cm³/mol. The van der Waals surface area contributed by atoms with Gasteiger partial charge in [-0.25, -0.2) is 0 Å². The normalized spacial score (nSPS) is 10.1. The number of aromatic nitrogens is 3. The molecule has 0 atom stereocenters. The molecule has 0 aliphatic rings. The summed E-state index contributed by atoms with van der Waals surface area (Å²) in [6.45, 7) is 4.88. The first kappa shape index (κ1) is 16.4. The fraction of sp³-hybridized carbons (Fsp3) is 0.158. The van der Waals surface area contributed by atoms with Crippen molar-refractivity contribution in [3.63, 3.8) is 0 Å². The summed E-state index contributed by atoms with van der Waals surface area (Å²) >= 11 is 0. The van der Waals surface area contributed by atoms with Crippen molar-refractivity contribution in [3.05, 3.63) is 65.9 Å². The van der Waals surface area contributed by atoms with Crippen LogP contribution in [0, 0.1) is 18.3 Å². The highest BCUT2D eigenvalue weighted by atomic mass is 15.3. The van der Waals surface area contributed by atoms with Crippen LogP contribution in [0.4, 0.5) is 23.1 Å². The molecule has 0 amide bonds. The van der Waals surface area contributed by atoms with Crippen LogP contribution in [0.25, 0.3) is 0 Å². The van der Waals surface area contributed by atoms with E-state index in [-0.39, 0.29) is 0 Å². The number of nitrogens with zero attached hydrogens (tertiary/aromatic N) is 5. The number of benzene rings is 2. The number of nitriles is 1. The van der Waals surface area contributed by atoms with Gasteiger partial charge < -0.3 is 10.2 Å². The van der Waals surface area contributed by atoms with E-state index in [0.717, 1.165) is 17.9 Å². The zero-order valence-electron chi connectivity index (χ0n) is 14.1. The molecule has 0 fully saturated rings. The van der Waals surface area contributed by atoms with Crippen molar-refractivity contribution < 1.29 is 0 Å². The monoisotopic (exact) mass is 330 g/mol. The van der Waals surface area contributed by atoms with E-state index in [1.54, 1.807) is 18.3 Å². The predicted octanol–water partition coefficient (Wildman–Crippen LogP) is 3.95. The Morgan fingerprint density at radius 3 is 2.76 bits per heavy atom. The van der Waals surface area contributed by atoms with Crippen LogP contribution in [0.2, 0.25) is 0 Å². The number of hydrogen-bond donors (Lipinski definition) is 1. The van der Waals surface area contributed by atoms with Gasteiger partial charge in [-0.1, -0.05) is 18.2 Å². The second-order valence-corrected chi connectivity index (χ2v) is 5.54. The fourth-order valence-corrected chi connectivity index (χ4v) is 2.55. The van der Waals surface area contributed by atoms with Crippen molar-refractivity contribution in [2.24, 2.45) is 0 Å². The third-order valence-corrected chi connectivity index (χ3v) is 3.70. The highest BCUT2D eigenvalue weighted by molar-refractivity contribution is 5.62. The first-order chi connectivity index (χ1) is 12.2. The Morgan fingerprint density at radius 1 is 1.16 bits per heavy atom. The number of hydrogen-bond acceptors (Lipinski definition) is 6. The molecule has 1 aromatic heterocycles. The smallest absolute Gasteiger partial charge is 0.249 e. The Hall–Kier alpha value is -3.46. The maximum atomic E-state index is 9.00. The molecule has 3 rings (SSSR count). The fourth-order valence-electron chi connectivity index (χ4n) is 2.55. The quantitative estimate of drug-likeness (QED) is 0.763. The maximum absolute atomic E-state index is 9.00. The van der Waals surface area contributed by atoms with E-state index in [0.29, 0.717) is 17.3 Å². The van der Waals surface area contributed by atoms with Gasteiger partial charge in [0.1, 0.15) is 0 Å². The molecule has 1 N–H and O–H groups in total. The Morgan fingerprint density at radius 2 is 2.00 bits per heavy atom. The van der Waals surface area contributed by atoms with Gasteiger partial charge in [-0.3, -0.25) is 0 Å². The van der Waals surface area contributed by atoms with Crippen LogP contribution in [-0.4, -0.2) is 21.7 Å². The van der Waals surface area contributed by atoms with Gasteiger partial charge in [0, 0.05) is 17.9 Å². The lowest BCUT2D eigenvalue weighted by Crippen LogP contribution is -2.18. The molecular weight excluding hydrogens is 312 g/mol. The number of rotatable bonds is 5. The molecule has 0 saturated heterocycles. The average Bonchev–Trinajstić information content (AvgIpc) is 2.63. The molecule has 6 nitrogen and oxygen atoms in total. The largest absolute Gasteiger partial charge is 0.325 e. The van der Waals surface area contributed by atoms with Crippen molar-refractivity contribution >= 4 is 23.1 Å². The van der Waals surface area contributed by atoms with E-state index in [1.807, 2.05) is 24.3 Å². The van der Waals surface area contributed by atoms with Crippen LogP contribution < -0.4 is 10.2 Å². The topological polar surface area (TPSA) is 77.7 Å². The Bertz CT molecular complexity index is 916. The zero-order chi connectivity index (χ0) is 17.6. The maximum Gasteiger partial charge on any atom is 0.249 e. The van der Waals surface area contributed by atoms with Gasteiger partial charge in [-0.05, 0) is 49.7 Å². The van der Waals surface area contributed by atoms with E-state index < -0.39 is 0 Å². The van der Waals surface area contributed by atoms with Crippen LogP contribution >= 0.6 is 0 Å². The highest BCUT2D eigenvalue weighted by Crippen LogP contribution is 2.24. The van der Waals surface area contributed by atoms with Gasteiger partial charge in [0.15, 0.2) is 5.82 Å². The third kappa shape index (κ3) is 3.90. The van der Waals surface area contributed by atoms with Gasteiger partial charge >= 0.3 is 0 Å². The van der Waals surface area contributed by atoms with Gasteiger partial charge in [0.2, 0.25) is 5.95 Å². The number of anilines is 4. The van der Waals surface area contributed by atoms with Crippen LogP contribution in [-0.2, 0) is 0 Å². The molecule has 0 saturated carbocycles. The van der Waals surface area contributed by atoms with Crippen molar-refractivity contribution in [2.75, 3.05) is 16.8 Å². The Balaban J connectivity index is 1.88. The van der Waals surface area contributed by atoms with Gasteiger partial charge in [-0.15, -0.1) is 5.10 Å². The lowest BCUT2D eigenvalue weighted by Gasteiger charge is -2.22. The summed E-state index contributed by atoms with van der Waals surface area (Å²) in [7, 11) is 0. The molecular formula is C19H18N6. The Kier molecular flexibility index (Phi) is 4.86. The van der Waals surface area contributed by atoms with Crippen molar-refractivity contribution in [3.8, 4) is 6.07 Å². The van der Waals surface area contributed by atoms with Crippen molar-refractivity contribution in [1.29, 1.82) is 5.26 Å². The van der Waals surface area contributed by atoms with Crippen molar-refractivity contribution in [1.82, 2.24) is 15.2 Å². The van der Waals surface area contributed by atoms with Gasteiger partial charge in [-0.2, -0.15) is 15.3 Å². The van der Waals surface area contributed by atoms with Gasteiger partial charge in [0.25, 0.3) is 0 Å². The minimum atomic E-state index is 0.388. The molecule has 0 spiro atoms. The van der Waals surface area contributed by atoms with Crippen LogP contribution in [0.1, 0.15) is 18.1 Å². The van der Waals surface area contributed by atoms with Crippen LogP contribution in [0.5, 0.6) is 0 Å². The first-order valence-corrected chi connectivity index (χ1v) is 8.00. The summed E-state index contributed by atoms with van der Waals surface area (Å²) in [5.41, 5.74) is 3.56. The minimum absolute atomic E-state index is 0.388. The molecule has 6 heteroatoms. The van der Waals surface area contributed by atoms with Gasteiger partial charge in [0.05, 0.1) is 17.8 Å². The van der Waals surface area contributed by atoms with E-state index >= 15 is 0 Å². The lowest BCUT2D eigenvalue weighted by atomic mass is 10.2. The van der Waals surface area contributed by atoms with E-state index in [2.05, 4.69) is 57.4 Å². The third-order valence-electron chi connectivity index (χ3n) is 3.70. The summed E-state index contributed by atoms with van der Waals surface area (Å²) in [4.78, 5) is 6.63. The van der Waals surface area contributed by atoms with E-state index in [9.17, 15) is 0 Å². The molecule has 0 radical (unpaired) electrons. The lowest BCUT2D eigenvalue weighted by molar-refractivity contribution is 0.921. The Labute approximate surface area is 146 Å². The molecule has 0 bridgehead atoms. The molecule has 3 aromatic rings. The second-order valence-electron chi connectivity index (χ2n) is 5.54. The SMILES string of the molecule is CCN(c1cccc(C)c1)c1cnnc(Nc2cccc(C#N)c2)n1. The standard InChI is InChI=1S/C19H18N6/c1-3-25(17-9-4-6-14(2)10-17)18-13-21-24-19(23-18)22-16-8-5-7-15(11-16)12-20/h4-11,13H,3H2,1-2H3,(H,22,23,24). The van der Waals surface area contributed by atoms with Crippen molar-refractivity contribution in [2.45, 2.75) is 13.8 Å².